The van der Waals surface area contributed by atoms with Gasteiger partial charge in [-0.25, -0.2) is 4.79 Å². The van der Waals surface area contributed by atoms with Crippen LogP contribution in [-0.2, 0) is 11.2 Å². The van der Waals surface area contributed by atoms with Crippen molar-refractivity contribution in [2.24, 2.45) is 5.92 Å². The van der Waals surface area contributed by atoms with E-state index in [0.29, 0.717) is 17.9 Å². The van der Waals surface area contributed by atoms with Crippen LogP contribution >= 0.6 is 11.8 Å². The monoisotopic (exact) mass is 345 g/mol. The highest BCUT2D eigenvalue weighted by molar-refractivity contribution is 7.98. The molecule has 0 bridgehead atoms. The first-order valence-corrected chi connectivity index (χ1v) is 8.65. The van der Waals surface area contributed by atoms with Gasteiger partial charge in [0.25, 0.3) is 0 Å². The molecule has 2 N–H and O–H groups in total. The highest BCUT2D eigenvalue weighted by Crippen LogP contribution is 2.19. The lowest BCUT2D eigenvalue weighted by atomic mass is 10.0. The third-order valence-corrected chi connectivity index (χ3v) is 4.18. The lowest BCUT2D eigenvalue weighted by Crippen LogP contribution is -2.16. The van der Waals surface area contributed by atoms with Crippen LogP contribution in [0.2, 0.25) is 0 Å². The van der Waals surface area contributed by atoms with E-state index < -0.39 is 18.0 Å². The predicted octanol–water partition coefficient (Wildman–Crippen LogP) is 4.28. The van der Waals surface area contributed by atoms with Crippen molar-refractivity contribution >= 4 is 29.5 Å². The number of carboxylic acid groups (broad SMARTS) is 1. The zero-order chi connectivity index (χ0) is 17.5. The Balaban J connectivity index is 1.90. The van der Waals surface area contributed by atoms with Crippen LogP contribution in [0.4, 0.5) is 10.5 Å². The van der Waals surface area contributed by atoms with Crippen LogP contribution in [0.3, 0.4) is 0 Å². The van der Waals surface area contributed by atoms with Crippen molar-refractivity contribution < 1.29 is 19.4 Å². The quantitative estimate of drug-likeness (QED) is 0.764. The lowest BCUT2D eigenvalue weighted by molar-refractivity contribution is -0.141. The molecule has 0 aromatic heterocycles. The maximum atomic E-state index is 11.9. The number of carbonyl (C=O) groups excluding carboxylic acids is 1. The zero-order valence-corrected chi connectivity index (χ0v) is 14.3. The Morgan fingerprint density at radius 3 is 2.29 bits per heavy atom. The predicted molar refractivity (Wildman–Crippen MR) is 94.8 cm³/mol. The van der Waals surface area contributed by atoms with Crippen molar-refractivity contribution in [2.45, 2.75) is 18.2 Å². The van der Waals surface area contributed by atoms with Crippen LogP contribution < -0.4 is 10.1 Å². The summed E-state index contributed by atoms with van der Waals surface area (Å²) in [6.07, 6.45) is 1.85. The molecule has 0 aliphatic carbocycles. The molecule has 0 radical (unpaired) electrons. The van der Waals surface area contributed by atoms with Gasteiger partial charge in [-0.3, -0.25) is 10.1 Å². The van der Waals surface area contributed by atoms with Crippen LogP contribution in [0.1, 0.15) is 12.5 Å². The van der Waals surface area contributed by atoms with E-state index in [9.17, 15) is 9.59 Å². The van der Waals surface area contributed by atoms with Crippen molar-refractivity contribution in [3.63, 3.8) is 0 Å². The van der Waals surface area contributed by atoms with Crippen LogP contribution in [0.25, 0.3) is 0 Å². The minimum Gasteiger partial charge on any atom is -0.481 e. The number of aliphatic carboxylic acids is 1. The Morgan fingerprint density at radius 1 is 1.12 bits per heavy atom. The minimum atomic E-state index is -0.831. The third-order valence-electron chi connectivity index (χ3n) is 3.43. The summed E-state index contributed by atoms with van der Waals surface area (Å²) >= 11 is 1.63. The summed E-state index contributed by atoms with van der Waals surface area (Å²) in [5, 5.41) is 11.6. The molecule has 0 saturated heterocycles. The first-order chi connectivity index (χ1) is 11.5. The molecule has 0 unspecified atom stereocenters. The number of rotatable bonds is 6. The number of hydrogen-bond acceptors (Lipinski definition) is 4. The number of amides is 1. The van der Waals surface area contributed by atoms with Gasteiger partial charge in [0.05, 0.1) is 5.92 Å². The lowest BCUT2D eigenvalue weighted by Gasteiger charge is -2.09. The van der Waals surface area contributed by atoms with Gasteiger partial charge in [-0.05, 0) is 54.6 Å². The van der Waals surface area contributed by atoms with E-state index in [2.05, 4.69) is 5.32 Å². The minimum absolute atomic E-state index is 0.403. The summed E-state index contributed by atoms with van der Waals surface area (Å²) in [4.78, 5) is 23.8. The van der Waals surface area contributed by atoms with Crippen molar-refractivity contribution in [2.75, 3.05) is 11.6 Å². The first-order valence-electron chi connectivity index (χ1n) is 7.42. The summed E-state index contributed by atoms with van der Waals surface area (Å²) in [7, 11) is 0. The average Bonchev–Trinajstić information content (AvgIpc) is 2.57. The Bertz CT molecular complexity index is 698. The number of hydrogen-bond donors (Lipinski definition) is 2. The van der Waals surface area contributed by atoms with Crippen LogP contribution in [-0.4, -0.2) is 23.4 Å². The summed E-state index contributed by atoms with van der Waals surface area (Å²) < 4.78 is 5.21. The maximum Gasteiger partial charge on any atom is 0.417 e. The normalized spacial score (nSPS) is 11.6. The molecule has 24 heavy (non-hydrogen) atoms. The standard InChI is InChI=1S/C18H19NO4S/c1-12(17(20)21)11-13-3-7-15(8-4-13)23-18(22)19-14-5-9-16(24-2)10-6-14/h3-10,12H,11H2,1-2H3,(H,19,22)(H,20,21)/t12-/m0/s1. The number of anilines is 1. The average molecular weight is 345 g/mol. The molecule has 0 saturated carbocycles. The van der Waals surface area contributed by atoms with Gasteiger partial charge in [0.2, 0.25) is 0 Å². The zero-order valence-electron chi connectivity index (χ0n) is 13.5. The number of ether oxygens (including phenoxy) is 1. The van der Waals surface area contributed by atoms with E-state index in [1.54, 1.807) is 43.0 Å². The Labute approximate surface area is 145 Å². The third kappa shape index (κ3) is 5.31. The van der Waals surface area contributed by atoms with E-state index in [0.717, 1.165) is 10.5 Å². The fourth-order valence-corrected chi connectivity index (χ4v) is 2.47. The fourth-order valence-electron chi connectivity index (χ4n) is 2.06. The highest BCUT2D eigenvalue weighted by Gasteiger charge is 2.12. The fraction of sp³-hybridized carbons (Fsp3) is 0.222. The highest BCUT2D eigenvalue weighted by atomic mass is 32.2. The largest absolute Gasteiger partial charge is 0.481 e. The molecule has 0 spiro atoms. The molecule has 2 aromatic rings. The maximum absolute atomic E-state index is 11.9. The summed E-state index contributed by atoms with van der Waals surface area (Å²) in [6, 6.07) is 14.3. The number of benzene rings is 2. The number of nitrogens with one attached hydrogen (secondary N) is 1. The second-order valence-electron chi connectivity index (χ2n) is 5.33. The van der Waals surface area contributed by atoms with Gasteiger partial charge in [-0.15, -0.1) is 11.8 Å². The summed E-state index contributed by atoms with van der Waals surface area (Å²) in [6.45, 7) is 1.66. The van der Waals surface area contributed by atoms with E-state index >= 15 is 0 Å². The molecule has 1 amide bonds. The van der Waals surface area contributed by atoms with Crippen molar-refractivity contribution in [3.8, 4) is 5.75 Å². The number of carbonyl (C=O) groups is 2. The van der Waals surface area contributed by atoms with Gasteiger partial charge in [0.1, 0.15) is 5.75 Å². The molecule has 6 heteroatoms. The van der Waals surface area contributed by atoms with E-state index in [-0.39, 0.29) is 0 Å². The second kappa shape index (κ2) is 8.40. The molecule has 2 aromatic carbocycles. The smallest absolute Gasteiger partial charge is 0.417 e. The molecule has 126 valence electrons. The second-order valence-corrected chi connectivity index (χ2v) is 6.21. The molecule has 2 rings (SSSR count). The van der Waals surface area contributed by atoms with Gasteiger partial charge < -0.3 is 9.84 Å². The van der Waals surface area contributed by atoms with Gasteiger partial charge in [-0.2, -0.15) is 0 Å². The van der Waals surface area contributed by atoms with Crippen molar-refractivity contribution in [3.05, 3.63) is 54.1 Å². The molecule has 1 atom stereocenters. The first kappa shape index (κ1) is 17.9. The van der Waals surface area contributed by atoms with Crippen molar-refractivity contribution in [1.82, 2.24) is 0 Å². The topological polar surface area (TPSA) is 75.6 Å². The molecule has 0 aliphatic rings. The van der Waals surface area contributed by atoms with E-state index in [4.69, 9.17) is 9.84 Å². The molecule has 0 heterocycles. The van der Waals surface area contributed by atoms with Gasteiger partial charge in [0.15, 0.2) is 0 Å². The summed E-state index contributed by atoms with van der Waals surface area (Å²) in [5.41, 5.74) is 1.54. The Hall–Kier alpha value is -2.47. The van der Waals surface area contributed by atoms with Gasteiger partial charge in [-0.1, -0.05) is 19.1 Å². The molecule has 0 aliphatic heterocycles. The van der Waals surface area contributed by atoms with Crippen LogP contribution in [0.15, 0.2) is 53.4 Å². The Morgan fingerprint density at radius 2 is 1.75 bits per heavy atom. The molecule has 0 fully saturated rings. The van der Waals surface area contributed by atoms with Gasteiger partial charge in [0, 0.05) is 10.6 Å². The van der Waals surface area contributed by atoms with Crippen molar-refractivity contribution in [1.29, 1.82) is 0 Å². The molecular formula is C18H19NO4S. The van der Waals surface area contributed by atoms with Gasteiger partial charge >= 0.3 is 12.1 Å². The molecule has 5 nitrogen and oxygen atoms in total. The van der Waals surface area contributed by atoms with E-state index in [1.165, 1.54) is 0 Å². The molecular weight excluding hydrogens is 326 g/mol. The van der Waals surface area contributed by atoms with E-state index in [1.807, 2.05) is 30.5 Å². The number of carboxylic acids is 1. The number of thioether (sulfide) groups is 1. The van der Waals surface area contributed by atoms with Crippen LogP contribution in [0, 0.1) is 5.92 Å². The SMILES string of the molecule is CSc1ccc(NC(=O)Oc2ccc(C[C@H](C)C(=O)O)cc2)cc1. The summed E-state index contributed by atoms with van der Waals surface area (Å²) in [5.74, 6) is -0.883. The Kier molecular flexibility index (Phi) is 6.26. The van der Waals surface area contributed by atoms with Crippen LogP contribution in [0.5, 0.6) is 5.75 Å².